The van der Waals surface area contributed by atoms with Gasteiger partial charge in [-0.2, -0.15) is 0 Å². The van der Waals surface area contributed by atoms with Crippen molar-refractivity contribution in [1.82, 2.24) is 5.32 Å². The van der Waals surface area contributed by atoms with Crippen molar-refractivity contribution in [2.45, 2.75) is 32.9 Å². The Morgan fingerprint density at radius 3 is 2.43 bits per heavy atom. The molecular formula is C14H15BrF2N2O2. The summed E-state index contributed by atoms with van der Waals surface area (Å²) >= 11 is 2.88. The summed E-state index contributed by atoms with van der Waals surface area (Å²) in [6, 6.07) is 0.216. The fourth-order valence-electron chi connectivity index (χ4n) is 2.27. The molecule has 0 radical (unpaired) electrons. The Bertz CT molecular complexity index is 607. The van der Waals surface area contributed by atoms with Gasteiger partial charge in [-0.1, -0.05) is 13.8 Å². The Morgan fingerprint density at radius 1 is 1.24 bits per heavy atom. The molecule has 1 aromatic carbocycles. The van der Waals surface area contributed by atoms with Gasteiger partial charge in [-0.25, -0.2) is 8.78 Å². The first-order valence-corrected chi connectivity index (χ1v) is 7.31. The molecule has 0 saturated carbocycles. The fourth-order valence-corrected chi connectivity index (χ4v) is 2.58. The van der Waals surface area contributed by atoms with Crippen LogP contribution < -0.4 is 10.2 Å². The Kier molecular flexibility index (Phi) is 4.32. The van der Waals surface area contributed by atoms with E-state index in [1.165, 1.54) is 6.92 Å². The third-order valence-electron chi connectivity index (χ3n) is 3.48. The van der Waals surface area contributed by atoms with Crippen LogP contribution in [0.25, 0.3) is 0 Å². The topological polar surface area (TPSA) is 49.4 Å². The predicted molar refractivity (Wildman–Crippen MR) is 77.8 cm³/mol. The molecule has 7 heteroatoms. The van der Waals surface area contributed by atoms with Gasteiger partial charge >= 0.3 is 0 Å². The van der Waals surface area contributed by atoms with E-state index in [4.69, 9.17) is 0 Å². The smallest absolute Gasteiger partial charge is 0.250 e. The Hall–Kier alpha value is -1.50. The minimum absolute atomic E-state index is 0.0364. The van der Waals surface area contributed by atoms with Gasteiger partial charge in [0.25, 0.3) is 5.91 Å². The molecule has 0 aliphatic carbocycles. The van der Waals surface area contributed by atoms with Crippen molar-refractivity contribution in [3.8, 4) is 0 Å². The van der Waals surface area contributed by atoms with Crippen molar-refractivity contribution >= 4 is 33.4 Å². The monoisotopic (exact) mass is 360 g/mol. The van der Waals surface area contributed by atoms with Gasteiger partial charge < -0.3 is 5.32 Å². The number of piperazine rings is 1. The van der Waals surface area contributed by atoms with Gasteiger partial charge in [-0.05, 0) is 34.8 Å². The molecule has 1 aliphatic heterocycles. The number of hydrogen-bond donors (Lipinski definition) is 1. The maximum absolute atomic E-state index is 14.1. The molecule has 1 aromatic rings. The number of anilines is 1. The Morgan fingerprint density at radius 2 is 1.86 bits per heavy atom. The van der Waals surface area contributed by atoms with Crippen LogP contribution in [0.3, 0.4) is 0 Å². The average Bonchev–Trinajstić information content (AvgIpc) is 2.39. The van der Waals surface area contributed by atoms with Gasteiger partial charge in [-0.3, -0.25) is 14.5 Å². The van der Waals surface area contributed by atoms with E-state index >= 15 is 0 Å². The molecule has 4 nitrogen and oxygen atoms in total. The van der Waals surface area contributed by atoms with Crippen LogP contribution in [0.5, 0.6) is 0 Å². The van der Waals surface area contributed by atoms with Crippen LogP contribution in [0.1, 0.15) is 20.8 Å². The van der Waals surface area contributed by atoms with E-state index in [2.05, 4.69) is 21.2 Å². The van der Waals surface area contributed by atoms with Crippen molar-refractivity contribution in [3.05, 3.63) is 28.2 Å². The van der Waals surface area contributed by atoms with Gasteiger partial charge in [-0.15, -0.1) is 0 Å². The highest BCUT2D eigenvalue weighted by Crippen LogP contribution is 2.30. The van der Waals surface area contributed by atoms with E-state index in [9.17, 15) is 18.4 Å². The molecule has 1 heterocycles. The van der Waals surface area contributed by atoms with E-state index in [1.807, 2.05) is 0 Å². The number of benzene rings is 1. The third kappa shape index (κ3) is 2.79. The largest absolute Gasteiger partial charge is 0.342 e. The summed E-state index contributed by atoms with van der Waals surface area (Å²) in [5.41, 5.74) is -0.228. The molecule has 21 heavy (non-hydrogen) atoms. The molecule has 0 aromatic heterocycles. The molecule has 2 unspecified atom stereocenters. The van der Waals surface area contributed by atoms with E-state index in [-0.39, 0.29) is 16.1 Å². The zero-order chi connectivity index (χ0) is 15.9. The second-order valence-electron chi connectivity index (χ2n) is 5.33. The molecule has 1 aliphatic rings. The molecule has 2 atom stereocenters. The van der Waals surface area contributed by atoms with Crippen LogP contribution in [-0.4, -0.2) is 23.9 Å². The number of halogens is 3. The minimum atomic E-state index is -0.900. The normalized spacial score (nSPS) is 22.7. The lowest BCUT2D eigenvalue weighted by atomic mass is 9.97. The average molecular weight is 361 g/mol. The first-order chi connectivity index (χ1) is 9.73. The highest BCUT2D eigenvalue weighted by molar-refractivity contribution is 9.10. The number of amides is 2. The zero-order valence-electron chi connectivity index (χ0n) is 11.8. The molecule has 1 fully saturated rings. The zero-order valence-corrected chi connectivity index (χ0v) is 13.4. The van der Waals surface area contributed by atoms with Crippen molar-refractivity contribution < 1.29 is 18.4 Å². The molecule has 0 spiro atoms. The Balaban J connectivity index is 2.51. The lowest BCUT2D eigenvalue weighted by molar-refractivity contribution is -0.134. The van der Waals surface area contributed by atoms with Crippen LogP contribution in [0.4, 0.5) is 14.5 Å². The van der Waals surface area contributed by atoms with E-state index < -0.39 is 35.5 Å². The number of nitrogens with zero attached hydrogens (tertiary/aromatic N) is 1. The third-order valence-corrected chi connectivity index (χ3v) is 4.09. The molecular weight excluding hydrogens is 346 g/mol. The van der Waals surface area contributed by atoms with Crippen LogP contribution in [0.2, 0.25) is 0 Å². The summed E-state index contributed by atoms with van der Waals surface area (Å²) in [5, 5.41) is 2.60. The van der Waals surface area contributed by atoms with Gasteiger partial charge in [0.15, 0.2) is 0 Å². The lowest BCUT2D eigenvalue weighted by Crippen LogP contribution is -2.64. The number of carbonyl (C=O) groups is 2. The summed E-state index contributed by atoms with van der Waals surface area (Å²) in [6.45, 7) is 5.02. The SMILES string of the molecule is CC(C)C1NC(=O)C(C)N(c2cc(F)c(Br)cc2F)C1=O. The summed E-state index contributed by atoms with van der Waals surface area (Å²) in [6.07, 6.45) is 0. The molecule has 0 bridgehead atoms. The maximum atomic E-state index is 14.1. The number of carbonyl (C=O) groups excluding carboxylic acids is 2. The van der Waals surface area contributed by atoms with Crippen molar-refractivity contribution in [1.29, 1.82) is 0 Å². The first-order valence-electron chi connectivity index (χ1n) is 6.52. The van der Waals surface area contributed by atoms with Gasteiger partial charge in [0, 0.05) is 6.07 Å². The maximum Gasteiger partial charge on any atom is 0.250 e. The van der Waals surface area contributed by atoms with E-state index in [1.54, 1.807) is 13.8 Å². The Labute approximate surface area is 129 Å². The second-order valence-corrected chi connectivity index (χ2v) is 6.19. The van der Waals surface area contributed by atoms with Gasteiger partial charge in [0.1, 0.15) is 23.7 Å². The van der Waals surface area contributed by atoms with Crippen molar-refractivity contribution in [2.24, 2.45) is 5.92 Å². The second kappa shape index (κ2) is 5.71. The van der Waals surface area contributed by atoms with Crippen LogP contribution >= 0.6 is 15.9 Å². The quantitative estimate of drug-likeness (QED) is 0.824. The van der Waals surface area contributed by atoms with E-state index in [0.29, 0.717) is 0 Å². The van der Waals surface area contributed by atoms with Crippen molar-refractivity contribution in [3.63, 3.8) is 0 Å². The summed E-state index contributed by atoms with van der Waals surface area (Å²) in [4.78, 5) is 25.5. The highest BCUT2D eigenvalue weighted by Gasteiger charge is 2.41. The van der Waals surface area contributed by atoms with E-state index in [0.717, 1.165) is 17.0 Å². The molecule has 114 valence electrons. The predicted octanol–water partition coefficient (Wildman–Crippen LogP) is 2.60. The van der Waals surface area contributed by atoms with Gasteiger partial charge in [0.05, 0.1) is 10.2 Å². The van der Waals surface area contributed by atoms with Crippen LogP contribution in [0.15, 0.2) is 16.6 Å². The molecule has 2 amide bonds. The van der Waals surface area contributed by atoms with Gasteiger partial charge in [0.2, 0.25) is 5.91 Å². The van der Waals surface area contributed by atoms with Crippen LogP contribution in [0, 0.1) is 17.6 Å². The lowest BCUT2D eigenvalue weighted by Gasteiger charge is -2.38. The fraction of sp³-hybridized carbons (Fsp3) is 0.429. The molecule has 2 rings (SSSR count). The van der Waals surface area contributed by atoms with Crippen LogP contribution in [-0.2, 0) is 9.59 Å². The molecule has 1 saturated heterocycles. The summed E-state index contributed by atoms with van der Waals surface area (Å²) in [7, 11) is 0. The highest BCUT2D eigenvalue weighted by atomic mass is 79.9. The van der Waals surface area contributed by atoms with Crippen molar-refractivity contribution in [2.75, 3.05) is 4.90 Å². The number of rotatable bonds is 2. The standard InChI is InChI=1S/C14H15BrF2N2O2/c1-6(2)12-14(21)19(7(3)13(20)18-12)11-5-9(16)8(15)4-10(11)17/h4-7,12H,1-3H3,(H,18,20). The minimum Gasteiger partial charge on any atom is -0.342 e. The first kappa shape index (κ1) is 15.9. The number of hydrogen-bond acceptors (Lipinski definition) is 2. The summed E-state index contributed by atoms with van der Waals surface area (Å²) < 4.78 is 27.7. The molecule has 1 N–H and O–H groups in total. The number of nitrogens with one attached hydrogen (secondary N) is 1. The summed E-state index contributed by atoms with van der Waals surface area (Å²) in [5.74, 6) is -2.45.